The molecule has 2 aromatic rings. The normalized spacial score (nSPS) is 20.9. The second kappa shape index (κ2) is 11.2. The number of carboxylic acid groups (broad SMARTS) is 1. The molecule has 2 aromatic carbocycles. The highest BCUT2D eigenvalue weighted by Crippen LogP contribution is 2.37. The first kappa shape index (κ1) is 25.9. The fraction of sp³-hybridized carbons (Fsp3) is 0.400. The van der Waals surface area contributed by atoms with Crippen LogP contribution in [-0.4, -0.2) is 47.3 Å². The van der Waals surface area contributed by atoms with E-state index in [4.69, 9.17) is 9.84 Å². The molecule has 0 spiro atoms. The fourth-order valence-electron chi connectivity index (χ4n) is 4.37. The van der Waals surface area contributed by atoms with Gasteiger partial charge >= 0.3 is 5.97 Å². The molecule has 0 radical (unpaired) electrons. The van der Waals surface area contributed by atoms with Gasteiger partial charge in [-0.15, -0.1) is 11.8 Å². The van der Waals surface area contributed by atoms with Gasteiger partial charge < -0.3 is 20.5 Å². The van der Waals surface area contributed by atoms with Crippen LogP contribution in [0.1, 0.15) is 41.6 Å². The van der Waals surface area contributed by atoms with Crippen LogP contribution >= 0.6 is 11.8 Å². The quantitative estimate of drug-likeness (QED) is 0.457. The zero-order valence-corrected chi connectivity index (χ0v) is 20.0. The Morgan fingerprint density at radius 1 is 0.972 bits per heavy atom. The summed E-state index contributed by atoms with van der Waals surface area (Å²) < 4.78 is 48.0. The lowest BCUT2D eigenvalue weighted by molar-refractivity contribution is -0.143. The summed E-state index contributed by atoms with van der Waals surface area (Å²) in [6, 6.07) is 6.24. The third kappa shape index (κ3) is 6.13. The number of carbonyl (C=O) groups excluding carboxylic acids is 2. The highest BCUT2D eigenvalue weighted by atomic mass is 32.2. The molecule has 1 atom stereocenters. The largest absolute Gasteiger partial charge is 0.490 e. The minimum atomic E-state index is -1.09. The molecule has 1 heterocycles. The van der Waals surface area contributed by atoms with Crippen LogP contribution in [0.3, 0.4) is 0 Å². The van der Waals surface area contributed by atoms with Crippen LogP contribution in [0.25, 0.3) is 0 Å². The monoisotopic (exact) mass is 522 g/mol. The maximum absolute atomic E-state index is 14.5. The van der Waals surface area contributed by atoms with Gasteiger partial charge in [-0.3, -0.25) is 14.4 Å². The lowest BCUT2D eigenvalue weighted by Crippen LogP contribution is -2.39. The van der Waals surface area contributed by atoms with Crippen molar-refractivity contribution < 1.29 is 37.4 Å². The molecule has 7 nitrogen and oxygen atoms in total. The van der Waals surface area contributed by atoms with Crippen LogP contribution in [0, 0.1) is 23.4 Å². The molecule has 0 aromatic heterocycles. The van der Waals surface area contributed by atoms with E-state index in [0.717, 1.165) is 22.6 Å². The molecule has 1 aliphatic heterocycles. The first-order valence-corrected chi connectivity index (χ1v) is 12.5. The summed E-state index contributed by atoms with van der Waals surface area (Å²) >= 11 is 1.26. The number of ether oxygens (including phenoxy) is 1. The van der Waals surface area contributed by atoms with Gasteiger partial charge in [-0.2, -0.15) is 0 Å². The van der Waals surface area contributed by atoms with Gasteiger partial charge in [0.05, 0.1) is 17.3 Å². The molecule has 3 N–H and O–H groups in total. The summed E-state index contributed by atoms with van der Waals surface area (Å²) in [5.41, 5.74) is 0.133. The minimum absolute atomic E-state index is 0.0481. The smallest absolute Gasteiger partial charge is 0.306 e. The van der Waals surface area contributed by atoms with Gasteiger partial charge in [-0.1, -0.05) is 6.07 Å². The Kier molecular flexibility index (Phi) is 8.07. The number of amides is 2. The zero-order valence-electron chi connectivity index (χ0n) is 19.2. The number of hydrogen-bond donors (Lipinski definition) is 3. The van der Waals surface area contributed by atoms with Crippen molar-refractivity contribution in [2.24, 2.45) is 5.92 Å². The average Bonchev–Trinajstić information content (AvgIpc) is 3.25. The van der Waals surface area contributed by atoms with Crippen molar-refractivity contribution in [3.8, 4) is 5.75 Å². The van der Waals surface area contributed by atoms with Crippen molar-refractivity contribution in [2.75, 3.05) is 13.1 Å². The molecule has 1 unspecified atom stereocenters. The van der Waals surface area contributed by atoms with Gasteiger partial charge in [0.1, 0.15) is 28.8 Å². The summed E-state index contributed by atoms with van der Waals surface area (Å²) in [7, 11) is 0. The predicted octanol–water partition coefficient (Wildman–Crippen LogP) is 3.69. The van der Waals surface area contributed by atoms with Crippen LogP contribution in [0.5, 0.6) is 5.75 Å². The van der Waals surface area contributed by atoms with E-state index in [1.807, 2.05) is 0 Å². The van der Waals surface area contributed by atoms with Crippen molar-refractivity contribution >= 4 is 29.5 Å². The van der Waals surface area contributed by atoms with Crippen LogP contribution < -0.4 is 15.4 Å². The van der Waals surface area contributed by atoms with Crippen LogP contribution in [-0.2, 0) is 16.0 Å². The van der Waals surface area contributed by atoms with Gasteiger partial charge in [0.15, 0.2) is 0 Å². The molecular weight excluding hydrogens is 497 g/mol. The number of hydrogen-bond acceptors (Lipinski definition) is 5. The number of aliphatic carboxylic acids is 1. The van der Waals surface area contributed by atoms with Gasteiger partial charge in [0.2, 0.25) is 5.91 Å². The van der Waals surface area contributed by atoms with Gasteiger partial charge in [0, 0.05) is 30.1 Å². The van der Waals surface area contributed by atoms with Crippen LogP contribution in [0.2, 0.25) is 0 Å². The summed E-state index contributed by atoms with van der Waals surface area (Å²) in [5.74, 6) is -5.15. The number of benzene rings is 2. The maximum atomic E-state index is 14.5. The van der Waals surface area contributed by atoms with Gasteiger partial charge in [-0.05, 0) is 49.8 Å². The molecule has 4 rings (SSSR count). The third-order valence-corrected chi connectivity index (χ3v) is 7.57. The molecule has 192 valence electrons. The zero-order chi connectivity index (χ0) is 25.8. The molecule has 0 bridgehead atoms. The number of thioether (sulfide) groups is 1. The lowest BCUT2D eigenvalue weighted by atomic mass is 9.87. The van der Waals surface area contributed by atoms with Gasteiger partial charge in [-0.25, -0.2) is 13.2 Å². The van der Waals surface area contributed by atoms with E-state index in [-0.39, 0.29) is 36.7 Å². The number of fused-ring (bicyclic) bond motifs is 1. The summed E-state index contributed by atoms with van der Waals surface area (Å²) in [4.78, 5) is 36.5. The highest BCUT2D eigenvalue weighted by Gasteiger charge is 2.29. The topological polar surface area (TPSA) is 105 Å². The molecule has 1 saturated carbocycles. The fourth-order valence-corrected chi connectivity index (χ4v) is 5.61. The minimum Gasteiger partial charge on any atom is -0.490 e. The Hall–Kier alpha value is -3.21. The number of carbonyl (C=O) groups is 3. The third-order valence-electron chi connectivity index (χ3n) is 6.27. The predicted molar refractivity (Wildman–Crippen MR) is 125 cm³/mol. The number of carboxylic acids is 1. The Bertz CT molecular complexity index is 1150. The Morgan fingerprint density at radius 2 is 1.64 bits per heavy atom. The van der Waals surface area contributed by atoms with E-state index in [1.165, 1.54) is 23.9 Å². The molecule has 1 aliphatic carbocycles. The highest BCUT2D eigenvalue weighted by molar-refractivity contribution is 8.01. The standard InChI is InChI=1S/C25H25F3N2O5S/c26-15-4-1-14-9-21(36-20(14)10-15)23(31)29-7-8-30-24(32)22-18(27)11-17(12-19(22)28)35-16-5-2-13(3-6-16)25(33)34/h1,4,10-13,16,21H,2-3,5-9H2,(H,29,31)(H,30,32)(H,33,34)/t13-,16+,21?. The van der Waals surface area contributed by atoms with Gasteiger partial charge in [0.25, 0.3) is 5.91 Å². The van der Waals surface area contributed by atoms with Crippen molar-refractivity contribution in [1.29, 1.82) is 0 Å². The van der Waals surface area contributed by atoms with Crippen LogP contribution in [0.15, 0.2) is 35.2 Å². The lowest BCUT2D eigenvalue weighted by Gasteiger charge is -2.26. The molecule has 1 fully saturated rings. The Balaban J connectivity index is 1.23. The van der Waals surface area contributed by atoms with Crippen molar-refractivity contribution in [1.82, 2.24) is 10.6 Å². The molecule has 11 heteroatoms. The second-order valence-electron chi connectivity index (χ2n) is 8.80. The first-order chi connectivity index (χ1) is 17.2. The summed E-state index contributed by atoms with van der Waals surface area (Å²) in [5, 5.41) is 13.7. The number of nitrogens with one attached hydrogen (secondary N) is 2. The average molecular weight is 523 g/mol. The summed E-state index contributed by atoms with van der Waals surface area (Å²) in [6.07, 6.45) is 1.87. The maximum Gasteiger partial charge on any atom is 0.306 e. The Morgan fingerprint density at radius 3 is 2.31 bits per heavy atom. The second-order valence-corrected chi connectivity index (χ2v) is 10.0. The van der Waals surface area contributed by atoms with E-state index in [9.17, 15) is 27.6 Å². The van der Waals surface area contributed by atoms with E-state index in [0.29, 0.717) is 32.1 Å². The molecule has 2 amide bonds. The van der Waals surface area contributed by atoms with Crippen molar-refractivity contribution in [3.05, 3.63) is 58.9 Å². The van der Waals surface area contributed by atoms with E-state index in [2.05, 4.69) is 10.6 Å². The first-order valence-electron chi connectivity index (χ1n) is 11.6. The molecule has 0 saturated heterocycles. The van der Waals surface area contributed by atoms with E-state index >= 15 is 0 Å². The van der Waals surface area contributed by atoms with Crippen molar-refractivity contribution in [3.63, 3.8) is 0 Å². The SMILES string of the molecule is O=C(NCCNC(=O)C1Cc2ccc(F)cc2S1)c1c(F)cc(O[C@H]2CC[C@@H](C(=O)O)CC2)cc1F. The van der Waals surface area contributed by atoms with E-state index in [1.54, 1.807) is 6.07 Å². The molecule has 2 aliphatic rings. The molecular formula is C25H25F3N2O5S. The van der Waals surface area contributed by atoms with Crippen LogP contribution in [0.4, 0.5) is 13.2 Å². The van der Waals surface area contributed by atoms with Crippen molar-refractivity contribution in [2.45, 2.75) is 48.4 Å². The van der Waals surface area contributed by atoms with E-state index < -0.39 is 40.2 Å². The number of rotatable bonds is 8. The Labute approximate surface area is 209 Å². The summed E-state index contributed by atoms with van der Waals surface area (Å²) in [6.45, 7) is 0.00325. The number of halogens is 3. The molecule has 36 heavy (non-hydrogen) atoms.